The molecule has 2 amide bonds. The number of unbranched alkanes of at least 4 members (excludes halogenated alkanes) is 1. The predicted molar refractivity (Wildman–Crippen MR) is 252 cm³/mol. The topological polar surface area (TPSA) is 149 Å². The zero-order chi connectivity index (χ0) is 46.5. The lowest BCUT2D eigenvalue weighted by atomic mass is 9.86. The third-order valence-electron chi connectivity index (χ3n) is 12.2. The quantitative estimate of drug-likeness (QED) is 0.0592. The maximum absolute atomic E-state index is 14.2. The lowest BCUT2D eigenvalue weighted by molar-refractivity contribution is -0.122. The molecule has 3 heterocycles. The Hall–Kier alpha value is -6.65. The third-order valence-corrected chi connectivity index (χ3v) is 12.2. The van der Waals surface area contributed by atoms with Gasteiger partial charge >= 0.3 is 0 Å². The van der Waals surface area contributed by atoms with Gasteiger partial charge in [0, 0.05) is 43.8 Å². The summed E-state index contributed by atoms with van der Waals surface area (Å²) in [7, 11) is 3.65. The number of ether oxygens (including phenoxy) is 3. The minimum atomic E-state index is -2.86. The monoisotopic (exact) mass is 916 g/mol. The van der Waals surface area contributed by atoms with Gasteiger partial charge in [0.1, 0.15) is 35.9 Å². The number of nitrogens with zero attached hydrogens (tertiary/aromatic N) is 6. The third kappa shape index (κ3) is 13.3. The first-order valence-electron chi connectivity index (χ1n) is 23.0. The molecule has 67 heavy (non-hydrogen) atoms. The number of amides is 2. The van der Waals surface area contributed by atoms with Crippen LogP contribution in [0.5, 0.6) is 17.2 Å². The van der Waals surface area contributed by atoms with Crippen LogP contribution >= 0.6 is 0 Å². The first kappa shape index (κ1) is 46.9. The number of oxazole rings is 1. The molecule has 2 saturated carbocycles. The fourth-order valence-corrected chi connectivity index (χ4v) is 8.30. The van der Waals surface area contributed by atoms with Crippen molar-refractivity contribution in [2.45, 2.75) is 70.4 Å². The predicted octanol–water partition coefficient (Wildman–Crippen LogP) is 10.4. The summed E-state index contributed by atoms with van der Waals surface area (Å²) in [5.41, 5.74) is 1.90. The highest BCUT2D eigenvalue weighted by atomic mass is 19.3. The largest absolute Gasteiger partial charge is 0.494 e. The molecule has 2 N–H and O–H groups in total. The van der Waals surface area contributed by atoms with E-state index >= 15 is 0 Å². The highest BCUT2D eigenvalue weighted by molar-refractivity contribution is 6.03. The number of anilines is 3. The van der Waals surface area contributed by atoms with Gasteiger partial charge in [-0.1, -0.05) is 30.3 Å². The van der Waals surface area contributed by atoms with E-state index in [2.05, 4.69) is 37.6 Å². The smallest absolute Gasteiger partial charge is 0.284 e. The van der Waals surface area contributed by atoms with Crippen molar-refractivity contribution in [2.75, 3.05) is 62.5 Å². The molecule has 8 rings (SSSR count). The molecule has 2 fully saturated rings. The molecule has 0 aliphatic heterocycles. The van der Waals surface area contributed by atoms with E-state index in [-0.39, 0.29) is 35.8 Å². The molecule has 0 radical (unpaired) electrons. The second-order valence-corrected chi connectivity index (χ2v) is 17.4. The molecule has 16 heteroatoms. The van der Waals surface area contributed by atoms with Crippen molar-refractivity contribution in [1.29, 1.82) is 0 Å². The van der Waals surface area contributed by atoms with Gasteiger partial charge in [0.2, 0.25) is 5.89 Å². The van der Waals surface area contributed by atoms with Crippen molar-refractivity contribution >= 4 is 29.0 Å². The fourth-order valence-electron chi connectivity index (χ4n) is 8.30. The van der Waals surface area contributed by atoms with Gasteiger partial charge in [-0.15, -0.1) is 0 Å². The lowest BCUT2D eigenvalue weighted by Crippen LogP contribution is -2.33. The van der Waals surface area contributed by atoms with E-state index in [4.69, 9.17) is 18.6 Å². The van der Waals surface area contributed by atoms with Gasteiger partial charge in [-0.2, -0.15) is 5.10 Å². The number of halogens is 2. The second kappa shape index (κ2) is 22.7. The van der Waals surface area contributed by atoms with Gasteiger partial charge in [0.15, 0.2) is 11.4 Å². The molecule has 0 bridgehead atoms. The number of carbonyl (C=O) groups is 2. The van der Waals surface area contributed by atoms with E-state index in [1.54, 1.807) is 27.9 Å². The van der Waals surface area contributed by atoms with Crippen LogP contribution in [0, 0.1) is 11.8 Å². The molecular weight excluding hydrogens is 859 g/mol. The van der Waals surface area contributed by atoms with Crippen LogP contribution in [0.25, 0.3) is 11.5 Å². The van der Waals surface area contributed by atoms with E-state index in [1.165, 1.54) is 32.4 Å². The van der Waals surface area contributed by atoms with Crippen molar-refractivity contribution in [3.63, 3.8) is 0 Å². The van der Waals surface area contributed by atoms with Crippen LogP contribution in [0.1, 0.15) is 85.6 Å². The van der Waals surface area contributed by atoms with E-state index in [1.807, 2.05) is 78.9 Å². The van der Waals surface area contributed by atoms with Crippen molar-refractivity contribution in [2.24, 2.45) is 11.8 Å². The first-order chi connectivity index (χ1) is 32.7. The standard InChI is InChI=1S/C51H58F2N8O6/c1-59(26-6-7-27-65-41-20-22-43(23-21-41)67-42-18-16-39(17-19-42)60(47(62)34-64-2)31-36-8-4-3-5-9-36)30-37-12-14-40(15-13-37)61-32-44(48(58-61)49(52)53)56-50(63)45-33-66-51(57-45)38-24-25-54-46(28-38)55-29-35-10-11-35/h3-5,8-9,16-25,28,32-33,35,37,40,49H,6-7,10-15,26-27,29-31,34H2,1-2H3,(H,54,55)(H,56,63). The summed E-state index contributed by atoms with van der Waals surface area (Å²) < 4.78 is 52.7. The molecule has 3 aromatic heterocycles. The Morgan fingerprint density at radius 2 is 1.61 bits per heavy atom. The Morgan fingerprint density at radius 1 is 0.896 bits per heavy atom. The summed E-state index contributed by atoms with van der Waals surface area (Å²) in [6.45, 7) is 3.76. The molecular formula is C51H58F2N8O6. The Kier molecular flexibility index (Phi) is 15.9. The van der Waals surface area contributed by atoms with E-state index in [0.29, 0.717) is 47.9 Å². The Balaban J connectivity index is 0.729. The number of nitrogens with one attached hydrogen (secondary N) is 2. The molecule has 0 spiro atoms. The average Bonchev–Trinajstić information content (AvgIpc) is 3.86. The molecule has 0 atom stereocenters. The number of alkyl halides is 2. The summed E-state index contributed by atoms with van der Waals surface area (Å²) in [5, 5.41) is 10.2. The zero-order valence-electron chi connectivity index (χ0n) is 38.0. The first-order valence-corrected chi connectivity index (χ1v) is 23.0. The SMILES string of the molecule is COCC(=O)N(Cc1ccccc1)c1ccc(Oc2ccc(OCCCCN(C)CC3CCC(n4cc(NC(=O)c5coc(-c6ccnc(NCC7CC7)c6)n5)c(C(F)F)n4)CC3)cc2)cc1. The summed E-state index contributed by atoms with van der Waals surface area (Å²) in [5.74, 6) is 3.40. The van der Waals surface area contributed by atoms with Crippen LogP contribution in [0.15, 0.2) is 114 Å². The van der Waals surface area contributed by atoms with E-state index in [9.17, 15) is 18.4 Å². The van der Waals surface area contributed by atoms with Crippen LogP contribution < -0.4 is 25.0 Å². The molecule has 3 aromatic carbocycles. The molecule has 352 valence electrons. The number of methoxy groups -OCH3 is 1. The minimum Gasteiger partial charge on any atom is -0.494 e. The molecule has 6 aromatic rings. The number of carbonyl (C=O) groups excluding carboxylic acids is 2. The van der Waals surface area contributed by atoms with Crippen LogP contribution in [0.4, 0.5) is 26.0 Å². The van der Waals surface area contributed by atoms with Crippen molar-refractivity contribution in [1.82, 2.24) is 24.6 Å². The van der Waals surface area contributed by atoms with Gasteiger partial charge in [0.25, 0.3) is 18.2 Å². The fraction of sp³-hybridized carbons (Fsp3) is 0.392. The minimum absolute atomic E-state index is 0.0122. The molecule has 2 aliphatic rings. The average molecular weight is 917 g/mol. The van der Waals surface area contributed by atoms with Crippen LogP contribution in [-0.2, 0) is 16.1 Å². The van der Waals surface area contributed by atoms with Gasteiger partial charge in [-0.3, -0.25) is 14.3 Å². The number of rotatable bonds is 23. The lowest BCUT2D eigenvalue weighted by Gasteiger charge is -2.31. The summed E-state index contributed by atoms with van der Waals surface area (Å²) in [4.78, 5) is 38.7. The van der Waals surface area contributed by atoms with E-state index < -0.39 is 18.0 Å². The van der Waals surface area contributed by atoms with E-state index in [0.717, 1.165) is 75.2 Å². The number of benzene rings is 3. The van der Waals surface area contributed by atoms with Crippen LogP contribution in [0.3, 0.4) is 0 Å². The summed E-state index contributed by atoms with van der Waals surface area (Å²) >= 11 is 0. The molecule has 2 aliphatic carbocycles. The number of pyridine rings is 1. The second-order valence-electron chi connectivity index (χ2n) is 17.4. The van der Waals surface area contributed by atoms with Crippen LogP contribution in [-0.4, -0.2) is 83.5 Å². The van der Waals surface area contributed by atoms with Gasteiger partial charge < -0.3 is 39.1 Å². The normalized spacial score (nSPS) is 16.0. The number of aromatic nitrogens is 4. The Bertz CT molecular complexity index is 2510. The maximum Gasteiger partial charge on any atom is 0.284 e. The number of hydrogen-bond acceptors (Lipinski definition) is 11. The molecule has 0 saturated heterocycles. The van der Waals surface area contributed by atoms with Crippen molar-refractivity contribution in [3.05, 3.63) is 127 Å². The zero-order valence-corrected chi connectivity index (χ0v) is 38.0. The highest BCUT2D eigenvalue weighted by Crippen LogP contribution is 2.36. The molecule has 0 unspecified atom stereocenters. The highest BCUT2D eigenvalue weighted by Gasteiger charge is 2.28. The Morgan fingerprint density at radius 3 is 2.33 bits per heavy atom. The summed E-state index contributed by atoms with van der Waals surface area (Å²) in [6, 6.07) is 28.3. The van der Waals surface area contributed by atoms with Crippen LogP contribution in [0.2, 0.25) is 0 Å². The van der Waals surface area contributed by atoms with Gasteiger partial charge in [0.05, 0.1) is 24.9 Å². The van der Waals surface area contributed by atoms with Gasteiger partial charge in [-0.25, -0.2) is 18.7 Å². The van der Waals surface area contributed by atoms with Gasteiger partial charge in [-0.05, 0) is 143 Å². The molecule has 14 nitrogen and oxygen atoms in total. The maximum atomic E-state index is 14.2. The Labute approximate surface area is 389 Å². The van der Waals surface area contributed by atoms with Crippen molar-refractivity contribution < 1.29 is 37.0 Å². The summed E-state index contributed by atoms with van der Waals surface area (Å²) in [6.07, 6.45) is 9.35. The number of hydrogen-bond donors (Lipinski definition) is 2. The van der Waals surface area contributed by atoms with Crippen molar-refractivity contribution in [3.8, 4) is 28.7 Å².